The fourth-order valence-electron chi connectivity index (χ4n) is 4.75. The Morgan fingerprint density at radius 1 is 1.00 bits per heavy atom. The summed E-state index contributed by atoms with van der Waals surface area (Å²) >= 11 is 0. The summed E-state index contributed by atoms with van der Waals surface area (Å²) in [6, 6.07) is 22.3. The molecule has 2 heteroatoms. The van der Waals surface area contributed by atoms with Crippen LogP contribution in [0.1, 0.15) is 43.4 Å². The van der Waals surface area contributed by atoms with Gasteiger partial charge in [0.1, 0.15) is 5.75 Å². The van der Waals surface area contributed by atoms with Crippen molar-refractivity contribution in [1.29, 1.82) is 0 Å². The molecule has 0 saturated heterocycles. The van der Waals surface area contributed by atoms with Crippen LogP contribution in [0.2, 0.25) is 0 Å². The van der Waals surface area contributed by atoms with Crippen molar-refractivity contribution in [1.82, 2.24) is 0 Å². The molecule has 1 aliphatic carbocycles. The van der Waals surface area contributed by atoms with Gasteiger partial charge in [-0.25, -0.2) is 0 Å². The smallest absolute Gasteiger partial charge is 0.119 e. The fraction of sp³-hybridized carbons (Fsp3) is 0.308. The van der Waals surface area contributed by atoms with Crippen LogP contribution in [0.25, 0.3) is 10.8 Å². The number of allylic oxidation sites excluding steroid dienone is 2. The first-order valence-corrected chi connectivity index (χ1v) is 10.4. The lowest BCUT2D eigenvalue weighted by atomic mass is 9.76. The van der Waals surface area contributed by atoms with Crippen LogP contribution < -0.4 is 10.1 Å². The zero-order valence-electron chi connectivity index (χ0n) is 16.6. The third kappa shape index (κ3) is 2.97. The molecule has 3 unspecified atom stereocenters. The third-order valence-electron chi connectivity index (χ3n) is 6.08. The highest BCUT2D eigenvalue weighted by Crippen LogP contribution is 2.51. The Morgan fingerprint density at radius 3 is 2.75 bits per heavy atom. The van der Waals surface area contributed by atoms with Crippen LogP contribution >= 0.6 is 0 Å². The van der Waals surface area contributed by atoms with Crippen molar-refractivity contribution in [3.05, 3.63) is 83.9 Å². The van der Waals surface area contributed by atoms with Gasteiger partial charge >= 0.3 is 0 Å². The standard InChI is InChI=1S/C26H27NO/c1-17(2)16-28-19-13-14-25-24(15-19)21-10-6-12-23(21)26(27-25)22-11-5-8-18-7-3-4-9-20(18)22/h3-11,13-15,17,21,23,26-27H,12,16H2,1-2H3. The van der Waals surface area contributed by atoms with E-state index in [1.165, 1.54) is 27.6 Å². The van der Waals surface area contributed by atoms with Crippen molar-refractivity contribution in [2.45, 2.75) is 32.2 Å². The molecule has 1 aliphatic heterocycles. The second-order valence-corrected chi connectivity index (χ2v) is 8.50. The molecule has 142 valence electrons. The molecule has 3 aromatic carbocycles. The fourth-order valence-corrected chi connectivity index (χ4v) is 4.75. The van der Waals surface area contributed by atoms with Crippen molar-refractivity contribution in [2.75, 3.05) is 11.9 Å². The van der Waals surface area contributed by atoms with Gasteiger partial charge in [-0.1, -0.05) is 68.5 Å². The molecule has 3 aromatic rings. The summed E-state index contributed by atoms with van der Waals surface area (Å²) < 4.78 is 6.00. The molecule has 0 amide bonds. The highest BCUT2D eigenvalue weighted by molar-refractivity contribution is 5.86. The van der Waals surface area contributed by atoms with Crippen LogP contribution in [-0.4, -0.2) is 6.61 Å². The first kappa shape index (κ1) is 17.4. The third-order valence-corrected chi connectivity index (χ3v) is 6.08. The van der Waals surface area contributed by atoms with E-state index in [1.807, 2.05) is 0 Å². The van der Waals surface area contributed by atoms with E-state index in [0.29, 0.717) is 23.8 Å². The first-order chi connectivity index (χ1) is 13.7. The predicted molar refractivity (Wildman–Crippen MR) is 117 cm³/mol. The van der Waals surface area contributed by atoms with Gasteiger partial charge in [0.15, 0.2) is 0 Å². The van der Waals surface area contributed by atoms with E-state index >= 15 is 0 Å². The maximum Gasteiger partial charge on any atom is 0.119 e. The molecule has 1 N–H and O–H groups in total. The lowest BCUT2D eigenvalue weighted by Gasteiger charge is -2.38. The molecule has 3 atom stereocenters. The van der Waals surface area contributed by atoms with Gasteiger partial charge in [0.2, 0.25) is 0 Å². The average Bonchev–Trinajstić information content (AvgIpc) is 3.21. The second-order valence-electron chi connectivity index (χ2n) is 8.50. The summed E-state index contributed by atoms with van der Waals surface area (Å²) in [5, 5.41) is 6.54. The summed E-state index contributed by atoms with van der Waals surface area (Å²) in [6.45, 7) is 5.13. The van der Waals surface area contributed by atoms with Crippen LogP contribution in [-0.2, 0) is 0 Å². The monoisotopic (exact) mass is 369 g/mol. The maximum absolute atomic E-state index is 6.00. The van der Waals surface area contributed by atoms with Crippen molar-refractivity contribution in [2.24, 2.45) is 11.8 Å². The predicted octanol–water partition coefficient (Wildman–Crippen LogP) is 6.70. The Balaban J connectivity index is 1.54. The largest absolute Gasteiger partial charge is 0.493 e. The Labute approximate surface area is 167 Å². The molecular formula is C26H27NO. The number of nitrogens with one attached hydrogen (secondary N) is 1. The molecule has 2 nitrogen and oxygen atoms in total. The van der Waals surface area contributed by atoms with Crippen molar-refractivity contribution in [3.63, 3.8) is 0 Å². The number of hydrogen-bond acceptors (Lipinski definition) is 2. The van der Waals surface area contributed by atoms with E-state index < -0.39 is 0 Å². The number of ether oxygens (including phenoxy) is 1. The number of benzene rings is 3. The number of anilines is 1. The van der Waals surface area contributed by atoms with Crippen LogP contribution in [0.15, 0.2) is 72.8 Å². The zero-order valence-corrected chi connectivity index (χ0v) is 16.6. The summed E-state index contributed by atoms with van der Waals surface area (Å²) in [4.78, 5) is 0. The first-order valence-electron chi connectivity index (χ1n) is 10.4. The van der Waals surface area contributed by atoms with Crippen LogP contribution in [0.4, 0.5) is 5.69 Å². The van der Waals surface area contributed by atoms with Gasteiger partial charge < -0.3 is 10.1 Å². The van der Waals surface area contributed by atoms with Crippen LogP contribution in [0.5, 0.6) is 5.75 Å². The van der Waals surface area contributed by atoms with Crippen LogP contribution in [0.3, 0.4) is 0 Å². The molecule has 0 saturated carbocycles. The van der Waals surface area contributed by atoms with Gasteiger partial charge in [-0.3, -0.25) is 0 Å². The molecule has 0 radical (unpaired) electrons. The van der Waals surface area contributed by atoms with Crippen molar-refractivity contribution in [3.8, 4) is 5.75 Å². The Hall–Kier alpha value is -2.74. The molecule has 0 fully saturated rings. The Bertz CT molecular complexity index is 1030. The van der Waals surface area contributed by atoms with Gasteiger partial charge in [-0.05, 0) is 58.4 Å². The molecule has 2 aliphatic rings. The number of rotatable bonds is 4. The molecule has 0 aromatic heterocycles. The van der Waals surface area contributed by atoms with E-state index in [4.69, 9.17) is 4.74 Å². The van der Waals surface area contributed by atoms with Gasteiger partial charge in [0, 0.05) is 11.6 Å². The van der Waals surface area contributed by atoms with E-state index in [9.17, 15) is 0 Å². The van der Waals surface area contributed by atoms with E-state index in [1.54, 1.807) is 0 Å². The second kappa shape index (κ2) is 7.01. The highest BCUT2D eigenvalue weighted by Gasteiger charge is 2.38. The molecule has 1 heterocycles. The molecular weight excluding hydrogens is 342 g/mol. The Kier molecular flexibility index (Phi) is 4.35. The SMILES string of the molecule is CC(C)COc1ccc2c(c1)C1C=CCC1C(c1cccc3ccccc13)N2. The summed E-state index contributed by atoms with van der Waals surface area (Å²) in [5.74, 6) is 2.50. The van der Waals surface area contributed by atoms with Gasteiger partial charge in [0.05, 0.1) is 12.6 Å². The normalized spacial score (nSPS) is 22.8. The Morgan fingerprint density at radius 2 is 1.86 bits per heavy atom. The molecule has 5 rings (SSSR count). The van der Waals surface area contributed by atoms with Gasteiger partial charge in [-0.2, -0.15) is 0 Å². The van der Waals surface area contributed by atoms with Crippen LogP contribution in [0, 0.1) is 11.8 Å². The van der Waals surface area contributed by atoms with E-state index in [-0.39, 0.29) is 0 Å². The zero-order chi connectivity index (χ0) is 19.1. The lowest BCUT2D eigenvalue weighted by molar-refractivity contribution is 0.270. The quantitative estimate of drug-likeness (QED) is 0.517. The van der Waals surface area contributed by atoms with Crippen molar-refractivity contribution < 1.29 is 4.74 Å². The minimum atomic E-state index is 0.320. The molecule has 0 spiro atoms. The molecule has 0 bridgehead atoms. The van der Waals surface area contributed by atoms with Gasteiger partial charge in [0.25, 0.3) is 0 Å². The average molecular weight is 370 g/mol. The molecule has 28 heavy (non-hydrogen) atoms. The van der Waals surface area contributed by atoms with E-state index in [2.05, 4.69) is 92.0 Å². The summed E-state index contributed by atoms with van der Waals surface area (Å²) in [6.07, 6.45) is 5.86. The topological polar surface area (TPSA) is 21.3 Å². The van der Waals surface area contributed by atoms with Crippen molar-refractivity contribution >= 4 is 16.5 Å². The maximum atomic E-state index is 6.00. The van der Waals surface area contributed by atoms with E-state index in [0.717, 1.165) is 18.8 Å². The lowest BCUT2D eigenvalue weighted by Crippen LogP contribution is -2.29. The minimum Gasteiger partial charge on any atom is -0.493 e. The highest BCUT2D eigenvalue weighted by atomic mass is 16.5. The summed E-state index contributed by atoms with van der Waals surface area (Å²) in [5.41, 5.74) is 4.02. The minimum absolute atomic E-state index is 0.320. The number of fused-ring (bicyclic) bond motifs is 4. The summed E-state index contributed by atoms with van der Waals surface area (Å²) in [7, 11) is 0. The van der Waals surface area contributed by atoms with Gasteiger partial charge in [-0.15, -0.1) is 0 Å². The number of hydrogen-bond donors (Lipinski definition) is 1.